The number of para-hydroxylation sites is 1. The summed E-state index contributed by atoms with van der Waals surface area (Å²) in [6, 6.07) is 10.3. The quantitative estimate of drug-likeness (QED) is 0.314. The summed E-state index contributed by atoms with van der Waals surface area (Å²) < 4.78 is 4.91. The topological polar surface area (TPSA) is 66.8 Å². The van der Waals surface area contributed by atoms with Crippen LogP contribution in [0.15, 0.2) is 41.5 Å². The Bertz CT molecular complexity index is 806. The number of benzene rings is 1. The summed E-state index contributed by atoms with van der Waals surface area (Å²) in [7, 11) is 3.22. The standard InChI is InChI=1S/C20H26N4O2.HI/c1-14-12-24(13-17(14)19(25)26-3)20(21-2)23-11-9-16-7-4-6-15-8-5-10-22-18(15)16;/h4-8,10,14,17H,9,11-13H2,1-3H3,(H,21,23);1H. The zero-order chi connectivity index (χ0) is 18.5. The second-order valence-electron chi connectivity index (χ2n) is 6.73. The molecule has 2 unspecified atom stereocenters. The van der Waals surface area contributed by atoms with Crippen molar-refractivity contribution in [2.75, 3.05) is 33.8 Å². The van der Waals surface area contributed by atoms with Crippen molar-refractivity contribution >= 4 is 46.8 Å². The van der Waals surface area contributed by atoms with Gasteiger partial charge in [-0.25, -0.2) is 0 Å². The molecular formula is C20H27IN4O2. The average Bonchev–Trinajstić information content (AvgIpc) is 3.06. The molecule has 0 amide bonds. The molecule has 1 saturated heterocycles. The number of nitrogens with one attached hydrogen (secondary N) is 1. The smallest absolute Gasteiger partial charge is 0.310 e. The van der Waals surface area contributed by atoms with E-state index < -0.39 is 0 Å². The highest BCUT2D eigenvalue weighted by Crippen LogP contribution is 2.24. The van der Waals surface area contributed by atoms with E-state index in [-0.39, 0.29) is 41.8 Å². The lowest BCUT2D eigenvalue weighted by atomic mass is 9.99. The van der Waals surface area contributed by atoms with Crippen molar-refractivity contribution < 1.29 is 9.53 Å². The lowest BCUT2D eigenvalue weighted by Crippen LogP contribution is -2.41. The van der Waals surface area contributed by atoms with Crippen molar-refractivity contribution in [2.45, 2.75) is 13.3 Å². The first-order valence-electron chi connectivity index (χ1n) is 9.00. The third-order valence-corrected chi connectivity index (χ3v) is 5.02. The predicted octanol–water partition coefficient (Wildman–Crippen LogP) is 2.71. The molecule has 7 heteroatoms. The SMILES string of the molecule is CN=C(NCCc1cccc2cccnc12)N1CC(C)C(C(=O)OC)C1.I. The summed E-state index contributed by atoms with van der Waals surface area (Å²) in [6.45, 7) is 4.28. The Morgan fingerprint density at radius 2 is 2.11 bits per heavy atom. The highest BCUT2D eigenvalue weighted by atomic mass is 127. The Kier molecular flexibility index (Phi) is 7.82. The lowest BCUT2D eigenvalue weighted by Gasteiger charge is -2.21. The molecule has 27 heavy (non-hydrogen) atoms. The molecule has 3 rings (SSSR count). The van der Waals surface area contributed by atoms with Crippen LogP contribution in [0.1, 0.15) is 12.5 Å². The molecule has 0 aliphatic carbocycles. The Balaban J connectivity index is 0.00000261. The van der Waals surface area contributed by atoms with Gasteiger partial charge >= 0.3 is 5.97 Å². The molecule has 146 valence electrons. The van der Waals surface area contributed by atoms with Gasteiger partial charge < -0.3 is 15.0 Å². The minimum absolute atomic E-state index is 0. The maximum atomic E-state index is 11.9. The molecule has 0 saturated carbocycles. The van der Waals surface area contributed by atoms with E-state index in [9.17, 15) is 4.79 Å². The van der Waals surface area contributed by atoms with Crippen molar-refractivity contribution in [1.82, 2.24) is 15.2 Å². The number of aromatic nitrogens is 1. The average molecular weight is 482 g/mol. The van der Waals surface area contributed by atoms with Gasteiger partial charge in [0.15, 0.2) is 5.96 Å². The lowest BCUT2D eigenvalue weighted by molar-refractivity contribution is -0.145. The molecule has 0 bridgehead atoms. The number of carbonyl (C=O) groups excluding carboxylic acids is 1. The zero-order valence-electron chi connectivity index (χ0n) is 16.0. The summed E-state index contributed by atoms with van der Waals surface area (Å²) in [4.78, 5) is 22.9. The van der Waals surface area contributed by atoms with Gasteiger partial charge in [0.2, 0.25) is 0 Å². The fourth-order valence-electron chi connectivity index (χ4n) is 3.61. The minimum Gasteiger partial charge on any atom is -0.469 e. The number of halogens is 1. The number of guanidine groups is 1. The van der Waals surface area contributed by atoms with E-state index in [1.165, 1.54) is 12.7 Å². The molecule has 0 spiro atoms. The first-order chi connectivity index (χ1) is 12.6. The van der Waals surface area contributed by atoms with Gasteiger partial charge in [0, 0.05) is 38.3 Å². The molecule has 1 fully saturated rings. The number of fused-ring (bicyclic) bond motifs is 1. The van der Waals surface area contributed by atoms with E-state index in [1.807, 2.05) is 12.3 Å². The molecule has 1 aromatic carbocycles. The number of aliphatic imine (C=N–C) groups is 1. The van der Waals surface area contributed by atoms with Crippen LogP contribution in [0.5, 0.6) is 0 Å². The number of ether oxygens (including phenoxy) is 1. The van der Waals surface area contributed by atoms with Gasteiger partial charge in [0.05, 0.1) is 18.5 Å². The number of rotatable bonds is 4. The van der Waals surface area contributed by atoms with Gasteiger partial charge in [0.1, 0.15) is 0 Å². The van der Waals surface area contributed by atoms with Gasteiger partial charge in [-0.05, 0) is 24.0 Å². The Morgan fingerprint density at radius 3 is 2.85 bits per heavy atom. The highest BCUT2D eigenvalue weighted by molar-refractivity contribution is 14.0. The molecule has 2 heterocycles. The van der Waals surface area contributed by atoms with Gasteiger partial charge in [0.25, 0.3) is 0 Å². The maximum Gasteiger partial charge on any atom is 0.310 e. The van der Waals surface area contributed by atoms with Gasteiger partial charge in [-0.15, -0.1) is 24.0 Å². The third kappa shape index (κ3) is 4.88. The number of likely N-dealkylation sites (tertiary alicyclic amines) is 1. The summed E-state index contributed by atoms with van der Waals surface area (Å²) in [6.07, 6.45) is 2.69. The van der Waals surface area contributed by atoms with Crippen molar-refractivity contribution in [3.05, 3.63) is 42.1 Å². The molecule has 2 aromatic rings. The van der Waals surface area contributed by atoms with Crippen molar-refractivity contribution in [3.63, 3.8) is 0 Å². The molecule has 1 N–H and O–H groups in total. The number of carbonyl (C=O) groups is 1. The van der Waals surface area contributed by atoms with Crippen LogP contribution < -0.4 is 5.32 Å². The van der Waals surface area contributed by atoms with Crippen LogP contribution in [0.2, 0.25) is 0 Å². The summed E-state index contributed by atoms with van der Waals surface area (Å²) >= 11 is 0. The van der Waals surface area contributed by atoms with Crippen LogP contribution in [0.3, 0.4) is 0 Å². The van der Waals surface area contributed by atoms with E-state index in [2.05, 4.69) is 51.4 Å². The van der Waals surface area contributed by atoms with Gasteiger partial charge in [-0.1, -0.05) is 31.2 Å². The largest absolute Gasteiger partial charge is 0.469 e. The fraction of sp³-hybridized carbons (Fsp3) is 0.450. The number of hydrogen-bond donors (Lipinski definition) is 1. The van der Waals surface area contributed by atoms with E-state index in [1.54, 1.807) is 7.05 Å². The monoisotopic (exact) mass is 482 g/mol. The maximum absolute atomic E-state index is 11.9. The third-order valence-electron chi connectivity index (χ3n) is 5.02. The Morgan fingerprint density at radius 1 is 1.33 bits per heavy atom. The second kappa shape index (κ2) is 9.87. The summed E-state index contributed by atoms with van der Waals surface area (Å²) in [5.74, 6) is 0.845. The van der Waals surface area contributed by atoms with Crippen LogP contribution >= 0.6 is 24.0 Å². The van der Waals surface area contributed by atoms with E-state index in [4.69, 9.17) is 4.74 Å². The number of esters is 1. The van der Waals surface area contributed by atoms with Gasteiger partial charge in [-0.2, -0.15) is 0 Å². The first kappa shape index (κ1) is 21.4. The molecule has 1 aromatic heterocycles. The van der Waals surface area contributed by atoms with E-state index in [0.717, 1.165) is 36.4 Å². The number of nitrogens with zero attached hydrogens (tertiary/aromatic N) is 3. The summed E-state index contributed by atoms with van der Waals surface area (Å²) in [5.41, 5.74) is 2.26. The predicted molar refractivity (Wildman–Crippen MR) is 118 cm³/mol. The van der Waals surface area contributed by atoms with E-state index in [0.29, 0.717) is 6.54 Å². The number of methoxy groups -OCH3 is 1. The molecule has 2 atom stereocenters. The van der Waals surface area contributed by atoms with Crippen LogP contribution in [-0.2, 0) is 16.0 Å². The van der Waals surface area contributed by atoms with Crippen LogP contribution in [0.25, 0.3) is 10.9 Å². The molecule has 1 aliphatic heterocycles. The van der Waals surface area contributed by atoms with Gasteiger partial charge in [-0.3, -0.25) is 14.8 Å². The number of pyridine rings is 1. The van der Waals surface area contributed by atoms with Crippen LogP contribution in [0, 0.1) is 11.8 Å². The Labute approximate surface area is 177 Å². The normalized spacial score (nSPS) is 19.7. The van der Waals surface area contributed by atoms with E-state index >= 15 is 0 Å². The molecular weight excluding hydrogens is 455 g/mol. The van der Waals surface area contributed by atoms with Crippen LogP contribution in [-0.4, -0.2) is 55.6 Å². The molecule has 0 radical (unpaired) electrons. The van der Waals surface area contributed by atoms with Crippen molar-refractivity contribution in [1.29, 1.82) is 0 Å². The zero-order valence-corrected chi connectivity index (χ0v) is 18.3. The fourth-order valence-corrected chi connectivity index (χ4v) is 3.61. The van der Waals surface area contributed by atoms with Crippen molar-refractivity contribution in [3.8, 4) is 0 Å². The van der Waals surface area contributed by atoms with Crippen LogP contribution in [0.4, 0.5) is 0 Å². The minimum atomic E-state index is -0.141. The highest BCUT2D eigenvalue weighted by Gasteiger charge is 2.36. The first-order valence-corrected chi connectivity index (χ1v) is 9.00. The summed E-state index contributed by atoms with van der Waals surface area (Å²) in [5, 5.41) is 4.57. The second-order valence-corrected chi connectivity index (χ2v) is 6.73. The number of hydrogen-bond acceptors (Lipinski definition) is 4. The molecule has 6 nitrogen and oxygen atoms in total. The molecule has 1 aliphatic rings. The Hall–Kier alpha value is -1.90. The van der Waals surface area contributed by atoms with Crippen molar-refractivity contribution in [2.24, 2.45) is 16.8 Å².